The van der Waals surface area contributed by atoms with Crippen LogP contribution in [0.3, 0.4) is 0 Å². The molecule has 0 amide bonds. The summed E-state index contributed by atoms with van der Waals surface area (Å²) in [5.41, 5.74) is 0. The maximum atomic E-state index is 3.73. The average molecular weight is 263 g/mol. The van der Waals surface area contributed by atoms with Gasteiger partial charge in [-0.15, -0.1) is 0 Å². The van der Waals surface area contributed by atoms with Crippen molar-refractivity contribution >= 4 is 0 Å². The molecular weight excluding hydrogens is 234 g/mol. The van der Waals surface area contributed by atoms with Crippen molar-refractivity contribution in [1.82, 2.24) is 15.1 Å². The molecule has 4 rings (SSSR count). The lowest BCUT2D eigenvalue weighted by atomic mass is 9.78. The Morgan fingerprint density at radius 2 is 1.63 bits per heavy atom. The summed E-state index contributed by atoms with van der Waals surface area (Å²) in [6.45, 7) is 8.00. The molecular formula is C16H29N3. The van der Waals surface area contributed by atoms with Gasteiger partial charge in [0.05, 0.1) is 0 Å². The summed E-state index contributed by atoms with van der Waals surface area (Å²) < 4.78 is 0. The minimum absolute atomic E-state index is 0.886. The van der Waals surface area contributed by atoms with Crippen LogP contribution in [0.4, 0.5) is 0 Å². The molecule has 0 bridgehead atoms. The van der Waals surface area contributed by atoms with E-state index in [9.17, 15) is 0 Å². The largest absolute Gasteiger partial charge is 0.314 e. The summed E-state index contributed by atoms with van der Waals surface area (Å²) in [6.07, 6.45) is 8.77. The van der Waals surface area contributed by atoms with Gasteiger partial charge in [0, 0.05) is 44.8 Å². The van der Waals surface area contributed by atoms with Crippen LogP contribution in [-0.2, 0) is 0 Å². The van der Waals surface area contributed by atoms with Gasteiger partial charge in [0.25, 0.3) is 0 Å². The van der Waals surface area contributed by atoms with E-state index in [1.54, 1.807) is 0 Å². The van der Waals surface area contributed by atoms with Crippen LogP contribution in [0.25, 0.3) is 0 Å². The normalized spacial score (nSPS) is 37.3. The highest BCUT2D eigenvalue weighted by molar-refractivity contribution is 4.94. The highest BCUT2D eigenvalue weighted by Gasteiger charge is 2.37. The van der Waals surface area contributed by atoms with E-state index in [4.69, 9.17) is 0 Å². The van der Waals surface area contributed by atoms with Gasteiger partial charge in [-0.2, -0.15) is 0 Å². The van der Waals surface area contributed by atoms with Gasteiger partial charge >= 0.3 is 0 Å². The molecule has 1 N–H and O–H groups in total. The third-order valence-corrected chi connectivity index (χ3v) is 5.71. The Morgan fingerprint density at radius 3 is 2.21 bits per heavy atom. The number of nitrogens with zero attached hydrogens (tertiary/aromatic N) is 2. The summed E-state index contributed by atoms with van der Waals surface area (Å²) in [5.74, 6) is 2.02. The minimum atomic E-state index is 0.886. The van der Waals surface area contributed by atoms with E-state index in [2.05, 4.69) is 15.1 Å². The van der Waals surface area contributed by atoms with E-state index in [1.165, 1.54) is 77.8 Å². The predicted molar refractivity (Wildman–Crippen MR) is 78.3 cm³/mol. The number of nitrogens with one attached hydrogen (secondary N) is 1. The second-order valence-electron chi connectivity index (χ2n) is 7.37. The monoisotopic (exact) mass is 263 g/mol. The summed E-state index contributed by atoms with van der Waals surface area (Å²) in [4.78, 5) is 5.51. The fourth-order valence-corrected chi connectivity index (χ4v) is 3.82. The van der Waals surface area contributed by atoms with Crippen molar-refractivity contribution in [3.8, 4) is 0 Å². The van der Waals surface area contributed by atoms with Crippen LogP contribution in [-0.4, -0.2) is 61.2 Å². The Morgan fingerprint density at radius 1 is 0.842 bits per heavy atom. The lowest BCUT2D eigenvalue weighted by Crippen LogP contribution is -2.57. The lowest BCUT2D eigenvalue weighted by Gasteiger charge is -2.48. The van der Waals surface area contributed by atoms with Crippen LogP contribution in [0.5, 0.6) is 0 Å². The minimum Gasteiger partial charge on any atom is -0.314 e. The third-order valence-electron chi connectivity index (χ3n) is 5.71. The molecule has 0 aromatic carbocycles. The Bertz CT molecular complexity index is 303. The van der Waals surface area contributed by atoms with E-state index in [0.717, 1.165) is 23.9 Å². The van der Waals surface area contributed by atoms with Crippen molar-refractivity contribution in [2.75, 3.05) is 39.3 Å². The first-order chi connectivity index (χ1) is 9.38. The van der Waals surface area contributed by atoms with E-state index in [-0.39, 0.29) is 0 Å². The molecule has 19 heavy (non-hydrogen) atoms. The van der Waals surface area contributed by atoms with Gasteiger partial charge in [-0.1, -0.05) is 0 Å². The van der Waals surface area contributed by atoms with Gasteiger partial charge in [0.2, 0.25) is 0 Å². The van der Waals surface area contributed by atoms with Gasteiger partial charge in [0.15, 0.2) is 0 Å². The second kappa shape index (κ2) is 5.34. The van der Waals surface area contributed by atoms with Crippen molar-refractivity contribution in [1.29, 1.82) is 0 Å². The van der Waals surface area contributed by atoms with Crippen LogP contribution >= 0.6 is 0 Å². The first kappa shape index (κ1) is 12.6. The standard InChI is InChI=1S/C16H29N3/c1-2-13(1)12-18-7-9-19(10-8-18)16-6-3-14(16)11-17-15-4-5-15/h13-17H,1-12H2. The highest BCUT2D eigenvalue weighted by atomic mass is 15.3. The SMILES string of the molecule is C1CC1CN1CCN(C2CCC2CNC2CC2)CC1. The zero-order valence-corrected chi connectivity index (χ0v) is 12.2. The molecule has 4 aliphatic rings. The highest BCUT2D eigenvalue weighted by Crippen LogP contribution is 2.34. The lowest BCUT2D eigenvalue weighted by molar-refractivity contribution is 0.0199. The maximum absolute atomic E-state index is 3.73. The van der Waals surface area contributed by atoms with E-state index < -0.39 is 0 Å². The average Bonchev–Trinajstić information content (AvgIpc) is 3.24. The zero-order chi connectivity index (χ0) is 12.7. The van der Waals surface area contributed by atoms with Crippen LogP contribution in [0, 0.1) is 11.8 Å². The van der Waals surface area contributed by atoms with Crippen LogP contribution in [0.1, 0.15) is 38.5 Å². The molecule has 0 spiro atoms. The zero-order valence-electron chi connectivity index (χ0n) is 12.2. The molecule has 3 heteroatoms. The Balaban J connectivity index is 1.19. The molecule has 1 saturated heterocycles. The molecule has 2 unspecified atom stereocenters. The summed E-state index contributed by atoms with van der Waals surface area (Å²) in [5, 5.41) is 3.73. The Labute approximate surface area is 117 Å². The van der Waals surface area contributed by atoms with Gasteiger partial charge < -0.3 is 10.2 Å². The summed E-state index contributed by atoms with van der Waals surface area (Å²) in [7, 11) is 0. The topological polar surface area (TPSA) is 18.5 Å². The Hall–Kier alpha value is -0.120. The summed E-state index contributed by atoms with van der Waals surface area (Å²) in [6, 6.07) is 1.80. The molecule has 0 radical (unpaired) electrons. The van der Waals surface area contributed by atoms with E-state index in [0.29, 0.717) is 0 Å². The summed E-state index contributed by atoms with van der Waals surface area (Å²) >= 11 is 0. The Kier molecular flexibility index (Phi) is 3.55. The molecule has 1 aliphatic heterocycles. The number of hydrogen-bond donors (Lipinski definition) is 1. The van der Waals surface area contributed by atoms with Gasteiger partial charge in [-0.3, -0.25) is 4.90 Å². The first-order valence-electron chi connectivity index (χ1n) is 8.58. The third kappa shape index (κ3) is 3.14. The van der Waals surface area contributed by atoms with Crippen molar-refractivity contribution in [3.63, 3.8) is 0 Å². The number of piperazine rings is 1. The molecule has 108 valence electrons. The second-order valence-corrected chi connectivity index (χ2v) is 7.37. The molecule has 4 fully saturated rings. The van der Waals surface area contributed by atoms with Crippen molar-refractivity contribution < 1.29 is 0 Å². The molecule has 0 aromatic heterocycles. The number of rotatable bonds is 6. The van der Waals surface area contributed by atoms with Crippen LogP contribution in [0.15, 0.2) is 0 Å². The molecule has 3 saturated carbocycles. The van der Waals surface area contributed by atoms with Gasteiger partial charge in [-0.25, -0.2) is 0 Å². The smallest absolute Gasteiger partial charge is 0.0137 e. The molecule has 3 aliphatic carbocycles. The van der Waals surface area contributed by atoms with Crippen molar-refractivity contribution in [2.45, 2.75) is 50.6 Å². The van der Waals surface area contributed by atoms with E-state index in [1.807, 2.05) is 0 Å². The number of hydrogen-bond acceptors (Lipinski definition) is 3. The van der Waals surface area contributed by atoms with Gasteiger partial charge in [0.1, 0.15) is 0 Å². The molecule has 0 aromatic rings. The van der Waals surface area contributed by atoms with Gasteiger partial charge in [-0.05, 0) is 56.9 Å². The molecule has 2 atom stereocenters. The fraction of sp³-hybridized carbons (Fsp3) is 1.00. The fourth-order valence-electron chi connectivity index (χ4n) is 3.82. The van der Waals surface area contributed by atoms with Crippen molar-refractivity contribution in [2.24, 2.45) is 11.8 Å². The van der Waals surface area contributed by atoms with Crippen molar-refractivity contribution in [3.05, 3.63) is 0 Å². The molecule has 3 nitrogen and oxygen atoms in total. The van der Waals surface area contributed by atoms with Crippen LogP contribution < -0.4 is 5.32 Å². The quantitative estimate of drug-likeness (QED) is 0.784. The van der Waals surface area contributed by atoms with E-state index >= 15 is 0 Å². The maximum Gasteiger partial charge on any atom is 0.0137 e. The predicted octanol–water partition coefficient (Wildman–Crippen LogP) is 1.54. The van der Waals surface area contributed by atoms with Crippen LogP contribution in [0.2, 0.25) is 0 Å². The molecule has 1 heterocycles. The first-order valence-corrected chi connectivity index (χ1v) is 8.58.